The molecule has 0 spiro atoms. The number of fused-ring (bicyclic) bond motifs is 1. The fourth-order valence-electron chi connectivity index (χ4n) is 2.16. The zero-order chi connectivity index (χ0) is 9.97. The first-order valence-corrected chi connectivity index (χ1v) is 5.33. The molecule has 2 heteroatoms. The maximum atomic E-state index is 5.81. The second-order valence-corrected chi connectivity index (χ2v) is 3.97. The molecule has 2 nitrogen and oxygen atoms in total. The van der Waals surface area contributed by atoms with E-state index in [9.17, 15) is 0 Å². The Bertz CT molecular complexity index is 291. The maximum absolute atomic E-state index is 5.81. The highest BCUT2D eigenvalue weighted by molar-refractivity contribution is 5.88. The van der Waals surface area contributed by atoms with E-state index in [2.05, 4.69) is 24.1 Å². The Labute approximate surface area is 85.4 Å². The normalized spacial score (nSPS) is 36.4. The highest BCUT2D eigenvalue weighted by Crippen LogP contribution is 2.30. The quantitative estimate of drug-likeness (QED) is 0.584. The van der Waals surface area contributed by atoms with E-state index in [1.807, 2.05) is 19.1 Å². The fourth-order valence-corrected chi connectivity index (χ4v) is 2.16. The third-order valence-electron chi connectivity index (χ3n) is 2.95. The van der Waals surface area contributed by atoms with Crippen LogP contribution in [-0.2, 0) is 4.74 Å². The van der Waals surface area contributed by atoms with Crippen LogP contribution >= 0.6 is 0 Å². The van der Waals surface area contributed by atoms with Crippen LogP contribution in [0.15, 0.2) is 29.3 Å². The predicted molar refractivity (Wildman–Crippen MR) is 58.4 cm³/mol. The average molecular weight is 191 g/mol. The summed E-state index contributed by atoms with van der Waals surface area (Å²) in [7, 11) is 0. The van der Waals surface area contributed by atoms with Crippen molar-refractivity contribution in [3.8, 4) is 0 Å². The van der Waals surface area contributed by atoms with E-state index in [1.165, 1.54) is 0 Å². The zero-order valence-electron chi connectivity index (χ0n) is 8.81. The van der Waals surface area contributed by atoms with Gasteiger partial charge in [-0.15, -0.1) is 0 Å². The van der Waals surface area contributed by atoms with Crippen molar-refractivity contribution in [3.63, 3.8) is 0 Å². The molecule has 0 fully saturated rings. The summed E-state index contributed by atoms with van der Waals surface area (Å²) in [6.45, 7) is 4.17. The highest BCUT2D eigenvalue weighted by atomic mass is 16.5. The number of aliphatic imine (C=N–C) groups is 1. The number of hydrogen-bond acceptors (Lipinski definition) is 2. The number of nitrogens with zero attached hydrogens (tertiary/aromatic N) is 1. The molecule has 2 rings (SSSR count). The van der Waals surface area contributed by atoms with E-state index >= 15 is 0 Å². The molecule has 1 aliphatic heterocycles. The molecule has 0 saturated heterocycles. The van der Waals surface area contributed by atoms with Gasteiger partial charge in [0.25, 0.3) is 0 Å². The minimum absolute atomic E-state index is 0.346. The van der Waals surface area contributed by atoms with Gasteiger partial charge in [0.1, 0.15) is 6.10 Å². The van der Waals surface area contributed by atoms with Crippen molar-refractivity contribution >= 4 is 5.90 Å². The summed E-state index contributed by atoms with van der Waals surface area (Å²) in [6, 6.07) is 0.393. The topological polar surface area (TPSA) is 21.6 Å². The van der Waals surface area contributed by atoms with Crippen LogP contribution in [0.2, 0.25) is 0 Å². The molecule has 0 aromatic heterocycles. The summed E-state index contributed by atoms with van der Waals surface area (Å²) in [5.41, 5.74) is 0. The number of ether oxygens (including phenoxy) is 1. The Balaban J connectivity index is 2.15. The third kappa shape index (κ3) is 1.74. The minimum atomic E-state index is 0.346. The second kappa shape index (κ2) is 3.99. The van der Waals surface area contributed by atoms with Crippen LogP contribution in [0.4, 0.5) is 0 Å². The van der Waals surface area contributed by atoms with Crippen LogP contribution in [0.1, 0.15) is 26.7 Å². The number of allylic oxidation sites excluding steroid dienone is 2. The van der Waals surface area contributed by atoms with E-state index in [0.717, 1.165) is 18.7 Å². The van der Waals surface area contributed by atoms with Crippen molar-refractivity contribution in [1.29, 1.82) is 0 Å². The van der Waals surface area contributed by atoms with E-state index in [1.54, 1.807) is 0 Å². The van der Waals surface area contributed by atoms with Gasteiger partial charge in [-0.1, -0.05) is 18.2 Å². The van der Waals surface area contributed by atoms with Crippen LogP contribution < -0.4 is 0 Å². The number of rotatable bonds is 1. The summed E-state index contributed by atoms with van der Waals surface area (Å²) in [5.74, 6) is 1.38. The molecule has 1 heterocycles. The smallest absolute Gasteiger partial charge is 0.208 e. The summed E-state index contributed by atoms with van der Waals surface area (Å²) in [5, 5.41) is 0. The molecule has 3 atom stereocenters. The fraction of sp³-hybridized carbons (Fsp3) is 0.583. The second-order valence-electron chi connectivity index (χ2n) is 3.97. The van der Waals surface area contributed by atoms with E-state index in [-0.39, 0.29) is 0 Å². The van der Waals surface area contributed by atoms with Gasteiger partial charge < -0.3 is 4.74 Å². The standard InChI is InChI=1S/C12H17NO/c1-3-6-12-13-9(2)10-7-4-5-8-11(10)14-12/h3-6,9-11H,7-8H2,1-2H3/b6-3+/t9-,10?,11?/m0/s1. The summed E-state index contributed by atoms with van der Waals surface area (Å²) in [4.78, 5) is 4.53. The van der Waals surface area contributed by atoms with E-state index in [4.69, 9.17) is 4.74 Å². The average Bonchev–Trinajstić information content (AvgIpc) is 2.18. The molecule has 76 valence electrons. The summed E-state index contributed by atoms with van der Waals surface area (Å²) >= 11 is 0. The molecule has 0 N–H and O–H groups in total. The highest BCUT2D eigenvalue weighted by Gasteiger charge is 2.32. The van der Waals surface area contributed by atoms with Crippen molar-refractivity contribution in [1.82, 2.24) is 0 Å². The van der Waals surface area contributed by atoms with Crippen LogP contribution in [0.3, 0.4) is 0 Å². The predicted octanol–water partition coefficient (Wildman–Crippen LogP) is 2.71. The van der Waals surface area contributed by atoms with Gasteiger partial charge in [-0.2, -0.15) is 0 Å². The lowest BCUT2D eigenvalue weighted by molar-refractivity contribution is 0.0888. The molecule has 2 unspecified atom stereocenters. The van der Waals surface area contributed by atoms with Crippen molar-refractivity contribution in [3.05, 3.63) is 24.3 Å². The Morgan fingerprint density at radius 3 is 3.00 bits per heavy atom. The van der Waals surface area contributed by atoms with Crippen molar-refractivity contribution in [2.24, 2.45) is 10.9 Å². The molecular formula is C12H17NO. The SMILES string of the molecule is C/C=C/C1=N[C@@H](C)C2CC=CCC2O1. The lowest BCUT2D eigenvalue weighted by atomic mass is 9.85. The largest absolute Gasteiger partial charge is 0.474 e. The molecule has 0 radical (unpaired) electrons. The van der Waals surface area contributed by atoms with Gasteiger partial charge in [-0.05, 0) is 26.3 Å². The van der Waals surface area contributed by atoms with Gasteiger partial charge in [-0.3, -0.25) is 0 Å². The maximum Gasteiger partial charge on any atom is 0.208 e. The van der Waals surface area contributed by atoms with Gasteiger partial charge in [-0.25, -0.2) is 4.99 Å². The molecule has 0 aromatic carbocycles. The van der Waals surface area contributed by atoms with Gasteiger partial charge in [0.15, 0.2) is 0 Å². The Morgan fingerprint density at radius 1 is 1.43 bits per heavy atom. The first-order valence-electron chi connectivity index (χ1n) is 5.33. The summed E-state index contributed by atoms with van der Waals surface area (Å²) < 4.78 is 5.81. The number of hydrogen-bond donors (Lipinski definition) is 0. The van der Waals surface area contributed by atoms with Crippen LogP contribution in [0.25, 0.3) is 0 Å². The van der Waals surface area contributed by atoms with E-state index in [0.29, 0.717) is 18.1 Å². The molecule has 0 aromatic rings. The van der Waals surface area contributed by atoms with Crippen LogP contribution in [-0.4, -0.2) is 18.0 Å². The Hall–Kier alpha value is -1.05. The van der Waals surface area contributed by atoms with Crippen molar-refractivity contribution in [2.45, 2.75) is 38.8 Å². The van der Waals surface area contributed by atoms with Gasteiger partial charge in [0, 0.05) is 12.3 Å². The zero-order valence-corrected chi connectivity index (χ0v) is 8.81. The Kier molecular flexibility index (Phi) is 2.71. The van der Waals surface area contributed by atoms with E-state index < -0.39 is 0 Å². The molecule has 2 aliphatic rings. The molecule has 14 heavy (non-hydrogen) atoms. The summed E-state index contributed by atoms with van der Waals surface area (Å²) in [6.07, 6.45) is 10.9. The molecule has 0 saturated carbocycles. The Morgan fingerprint density at radius 2 is 2.21 bits per heavy atom. The lowest BCUT2D eigenvalue weighted by Gasteiger charge is -2.35. The molecule has 0 bridgehead atoms. The van der Waals surface area contributed by atoms with Gasteiger partial charge in [0.2, 0.25) is 5.90 Å². The first-order chi connectivity index (χ1) is 6.81. The van der Waals surface area contributed by atoms with Gasteiger partial charge >= 0.3 is 0 Å². The van der Waals surface area contributed by atoms with Crippen molar-refractivity contribution in [2.75, 3.05) is 0 Å². The first kappa shape index (κ1) is 9.50. The molecular weight excluding hydrogens is 174 g/mol. The van der Waals surface area contributed by atoms with Gasteiger partial charge in [0.05, 0.1) is 6.04 Å². The molecule has 1 aliphatic carbocycles. The lowest BCUT2D eigenvalue weighted by Crippen LogP contribution is -2.38. The monoisotopic (exact) mass is 191 g/mol. The van der Waals surface area contributed by atoms with Crippen molar-refractivity contribution < 1.29 is 4.74 Å². The molecule has 0 amide bonds. The minimum Gasteiger partial charge on any atom is -0.474 e. The van der Waals surface area contributed by atoms with Crippen LogP contribution in [0, 0.1) is 5.92 Å². The van der Waals surface area contributed by atoms with Crippen LogP contribution in [0.5, 0.6) is 0 Å². The third-order valence-corrected chi connectivity index (χ3v) is 2.95.